The van der Waals surface area contributed by atoms with Crippen LogP contribution in [0.4, 0.5) is 0 Å². The second kappa shape index (κ2) is 10.1. The predicted molar refractivity (Wildman–Crippen MR) is 142 cm³/mol. The molecule has 5 rings (SSSR count). The van der Waals surface area contributed by atoms with Crippen LogP contribution >= 0.6 is 0 Å². The van der Waals surface area contributed by atoms with Crippen LogP contribution in [0.2, 0.25) is 0 Å². The topological polar surface area (TPSA) is 72.3 Å². The molecule has 0 saturated carbocycles. The number of pyridine rings is 1. The number of rotatable bonds is 8. The van der Waals surface area contributed by atoms with E-state index in [2.05, 4.69) is 29.3 Å². The van der Waals surface area contributed by atoms with Crippen LogP contribution in [0.15, 0.2) is 60.8 Å². The van der Waals surface area contributed by atoms with Gasteiger partial charge in [-0.05, 0) is 82.2 Å². The summed E-state index contributed by atoms with van der Waals surface area (Å²) >= 11 is 0. The number of para-hydroxylation sites is 1. The molecule has 1 fully saturated rings. The van der Waals surface area contributed by atoms with Crippen molar-refractivity contribution in [2.24, 2.45) is 0 Å². The van der Waals surface area contributed by atoms with Crippen LogP contribution in [0.1, 0.15) is 47.8 Å². The maximum Gasteiger partial charge on any atom is 0.252 e. The van der Waals surface area contributed by atoms with Gasteiger partial charge in [0.05, 0.1) is 17.3 Å². The van der Waals surface area contributed by atoms with Gasteiger partial charge in [-0.3, -0.25) is 14.4 Å². The van der Waals surface area contributed by atoms with Crippen LogP contribution in [-0.4, -0.2) is 51.8 Å². The summed E-state index contributed by atoms with van der Waals surface area (Å²) < 4.78 is 7.90. The highest BCUT2D eigenvalue weighted by Gasteiger charge is 2.25. The van der Waals surface area contributed by atoms with Crippen molar-refractivity contribution < 1.29 is 9.53 Å². The Morgan fingerprint density at radius 2 is 2.00 bits per heavy atom. The van der Waals surface area contributed by atoms with Crippen molar-refractivity contribution in [3.05, 3.63) is 77.5 Å². The summed E-state index contributed by atoms with van der Waals surface area (Å²) in [4.78, 5) is 20.5. The monoisotopic (exact) mass is 483 g/mol. The minimum absolute atomic E-state index is 0.121. The Kier molecular flexibility index (Phi) is 6.74. The molecule has 1 aliphatic heterocycles. The molecule has 7 heteroatoms. The maximum absolute atomic E-state index is 13.4. The molecular weight excluding hydrogens is 450 g/mol. The highest BCUT2D eigenvalue weighted by Crippen LogP contribution is 2.29. The number of likely N-dealkylation sites (N-methyl/N-ethyl adjacent to an activating group) is 1. The maximum atomic E-state index is 13.4. The molecule has 2 aromatic heterocycles. The van der Waals surface area contributed by atoms with E-state index in [0.29, 0.717) is 18.2 Å². The number of fused-ring (bicyclic) bond motifs is 1. The highest BCUT2D eigenvalue weighted by atomic mass is 16.5. The van der Waals surface area contributed by atoms with E-state index in [1.807, 2.05) is 79.3 Å². The van der Waals surface area contributed by atoms with Gasteiger partial charge in [-0.2, -0.15) is 5.10 Å². The molecule has 1 saturated heterocycles. The molecule has 4 aromatic rings. The van der Waals surface area contributed by atoms with Crippen molar-refractivity contribution in [2.75, 3.05) is 20.2 Å². The normalized spacial score (nSPS) is 16.5. The lowest BCUT2D eigenvalue weighted by atomic mass is 10.00. The average molecular weight is 484 g/mol. The Balaban J connectivity index is 1.39. The molecule has 0 aliphatic carbocycles. The van der Waals surface area contributed by atoms with Gasteiger partial charge in [0, 0.05) is 29.7 Å². The first-order chi connectivity index (χ1) is 17.4. The fourth-order valence-electron chi connectivity index (χ4n) is 4.63. The van der Waals surface area contributed by atoms with Crippen molar-refractivity contribution in [3.63, 3.8) is 0 Å². The summed E-state index contributed by atoms with van der Waals surface area (Å²) in [6, 6.07) is 18.0. The number of amides is 1. The number of ether oxygens (including phenoxy) is 1. The van der Waals surface area contributed by atoms with Crippen molar-refractivity contribution in [1.82, 2.24) is 25.0 Å². The number of likely N-dealkylation sites (tertiary alicyclic amines) is 1. The van der Waals surface area contributed by atoms with Gasteiger partial charge < -0.3 is 10.1 Å². The van der Waals surface area contributed by atoms with Crippen LogP contribution in [0.25, 0.3) is 22.3 Å². The molecule has 1 aliphatic rings. The smallest absolute Gasteiger partial charge is 0.252 e. The minimum atomic E-state index is -0.231. The number of hydrogen-bond donors (Lipinski definition) is 1. The Morgan fingerprint density at radius 3 is 2.72 bits per heavy atom. The summed E-state index contributed by atoms with van der Waals surface area (Å²) in [7, 11) is 2.11. The fraction of sp³-hybridized carbons (Fsp3) is 0.345. The Bertz CT molecular complexity index is 1400. The first-order valence-electron chi connectivity index (χ1n) is 12.6. The van der Waals surface area contributed by atoms with Crippen LogP contribution < -0.4 is 10.1 Å². The first-order valence-corrected chi connectivity index (χ1v) is 12.6. The summed E-state index contributed by atoms with van der Waals surface area (Å²) in [5, 5.41) is 8.85. The number of nitrogens with zero attached hydrogens (tertiary/aromatic N) is 4. The molecule has 7 nitrogen and oxygen atoms in total. The quantitative estimate of drug-likeness (QED) is 0.382. The van der Waals surface area contributed by atoms with Gasteiger partial charge >= 0.3 is 0 Å². The van der Waals surface area contributed by atoms with E-state index in [4.69, 9.17) is 9.72 Å². The zero-order chi connectivity index (χ0) is 25.2. The summed E-state index contributed by atoms with van der Waals surface area (Å²) in [5.41, 5.74) is 5.04. The van der Waals surface area contributed by atoms with Gasteiger partial charge in [0.1, 0.15) is 18.1 Å². The van der Waals surface area contributed by atoms with Crippen LogP contribution in [0.5, 0.6) is 5.75 Å². The molecule has 3 heterocycles. The summed E-state index contributed by atoms with van der Waals surface area (Å²) in [6.07, 6.45) is 3.10. The van der Waals surface area contributed by atoms with E-state index < -0.39 is 0 Å². The van der Waals surface area contributed by atoms with Crippen LogP contribution in [-0.2, 0) is 6.54 Å². The lowest BCUT2D eigenvalue weighted by molar-refractivity contribution is 0.0767. The molecule has 1 N–H and O–H groups in total. The molecule has 0 bridgehead atoms. The van der Waals surface area contributed by atoms with E-state index in [9.17, 15) is 4.79 Å². The summed E-state index contributed by atoms with van der Waals surface area (Å²) in [6.45, 7) is 8.56. The fourth-order valence-corrected chi connectivity index (χ4v) is 4.63. The molecule has 1 unspecified atom stereocenters. The van der Waals surface area contributed by atoms with Crippen LogP contribution in [0.3, 0.4) is 0 Å². The van der Waals surface area contributed by atoms with Gasteiger partial charge in [-0.15, -0.1) is 0 Å². The number of aryl methyl sites for hydroxylation is 2. The van der Waals surface area contributed by atoms with E-state index >= 15 is 0 Å². The SMILES string of the molecule is CCn1ccc(-c2cc([C@@H](C)NC(=O)c3cc(OCC4CCN4C)ccc3C)c3ccccc3n2)n1. The molecule has 1 amide bonds. The number of carbonyl (C=O) groups excluding carboxylic acids is 1. The Labute approximate surface area is 212 Å². The molecule has 2 atom stereocenters. The van der Waals surface area contributed by atoms with Crippen molar-refractivity contribution in [2.45, 2.75) is 45.8 Å². The van der Waals surface area contributed by atoms with Gasteiger partial charge in [0.2, 0.25) is 0 Å². The second-order valence-electron chi connectivity index (χ2n) is 9.58. The van der Waals surface area contributed by atoms with E-state index in [1.165, 1.54) is 0 Å². The van der Waals surface area contributed by atoms with Crippen molar-refractivity contribution in [3.8, 4) is 17.1 Å². The first kappa shape index (κ1) is 24.0. The largest absolute Gasteiger partial charge is 0.492 e. The third-order valence-corrected chi connectivity index (χ3v) is 7.12. The number of nitrogens with one attached hydrogen (secondary N) is 1. The minimum Gasteiger partial charge on any atom is -0.492 e. The molecule has 2 aromatic carbocycles. The van der Waals surface area contributed by atoms with Gasteiger partial charge in [-0.1, -0.05) is 24.3 Å². The van der Waals surface area contributed by atoms with Crippen molar-refractivity contribution >= 4 is 16.8 Å². The molecule has 186 valence electrons. The van der Waals surface area contributed by atoms with Gasteiger partial charge in [0.25, 0.3) is 5.91 Å². The zero-order valence-electron chi connectivity index (χ0n) is 21.4. The van der Waals surface area contributed by atoms with Gasteiger partial charge in [-0.25, -0.2) is 4.98 Å². The van der Waals surface area contributed by atoms with Gasteiger partial charge in [0.15, 0.2) is 0 Å². The standard InChI is InChI=1S/C29H33N5O2/c1-5-34-15-13-27(32-34)28-17-25(23-8-6-7-9-26(23)31-28)20(3)30-29(35)24-16-22(11-10-19(24)2)36-18-21-12-14-33(21)4/h6-11,13,15-17,20-21H,5,12,14,18H2,1-4H3,(H,30,35)/t20-,21?/m1/s1. The number of benzene rings is 2. The lowest BCUT2D eigenvalue weighted by Gasteiger charge is -2.37. The third-order valence-electron chi connectivity index (χ3n) is 7.12. The van der Waals surface area contributed by atoms with E-state index in [0.717, 1.165) is 58.7 Å². The molecular formula is C29H33N5O2. The van der Waals surface area contributed by atoms with E-state index in [1.54, 1.807) is 0 Å². The molecule has 0 spiro atoms. The number of carbonyl (C=O) groups is 1. The Hall–Kier alpha value is -3.71. The highest BCUT2D eigenvalue weighted by molar-refractivity contribution is 5.96. The lowest BCUT2D eigenvalue weighted by Crippen LogP contribution is -2.48. The van der Waals surface area contributed by atoms with Crippen LogP contribution in [0, 0.1) is 6.92 Å². The molecule has 36 heavy (non-hydrogen) atoms. The Morgan fingerprint density at radius 1 is 1.17 bits per heavy atom. The summed E-state index contributed by atoms with van der Waals surface area (Å²) in [5.74, 6) is 0.603. The average Bonchev–Trinajstić information content (AvgIpc) is 3.37. The van der Waals surface area contributed by atoms with E-state index in [-0.39, 0.29) is 11.9 Å². The second-order valence-corrected chi connectivity index (χ2v) is 9.58. The number of aromatic nitrogens is 3. The number of hydrogen-bond acceptors (Lipinski definition) is 5. The predicted octanol–water partition coefficient (Wildman–Crippen LogP) is 5.00. The molecule has 0 radical (unpaired) electrons. The zero-order valence-corrected chi connectivity index (χ0v) is 21.4. The third kappa shape index (κ3) is 4.84. The van der Waals surface area contributed by atoms with Crippen molar-refractivity contribution in [1.29, 1.82) is 0 Å².